The smallest absolute Gasteiger partial charge is 0.329 e. The van der Waals surface area contributed by atoms with Gasteiger partial charge in [0.2, 0.25) is 5.91 Å². The maximum Gasteiger partial charge on any atom is 0.329 e. The van der Waals surface area contributed by atoms with Crippen molar-refractivity contribution in [2.75, 3.05) is 25.2 Å². The third-order valence-corrected chi connectivity index (χ3v) is 13.2. The number of benzene rings is 4. The number of carbonyl (C=O) groups excluding carboxylic acids is 4. The first-order chi connectivity index (χ1) is 31.3. The van der Waals surface area contributed by atoms with Crippen LogP contribution in [0.5, 0.6) is 5.75 Å². The van der Waals surface area contributed by atoms with Crippen LogP contribution in [-0.2, 0) is 34.1 Å². The molecular formula is C51H53N3O11. The Morgan fingerprint density at radius 3 is 2.15 bits per heavy atom. The molecule has 1 saturated carbocycles. The average Bonchev–Trinajstić information content (AvgIpc) is 3.65. The number of esters is 2. The predicted octanol–water partition coefficient (Wildman–Crippen LogP) is 6.15. The van der Waals surface area contributed by atoms with E-state index in [1.807, 2.05) is 60.7 Å². The number of morpholine rings is 1. The van der Waals surface area contributed by atoms with E-state index in [2.05, 4.69) is 17.2 Å². The lowest BCUT2D eigenvalue weighted by Crippen LogP contribution is -2.56. The van der Waals surface area contributed by atoms with Gasteiger partial charge in [-0.3, -0.25) is 19.3 Å². The summed E-state index contributed by atoms with van der Waals surface area (Å²) in [6.07, 6.45) is 3.47. The number of amides is 3. The van der Waals surface area contributed by atoms with Crippen LogP contribution in [0.4, 0.5) is 10.5 Å². The number of hydrogen-bond acceptors (Lipinski definition) is 11. The summed E-state index contributed by atoms with van der Waals surface area (Å²) in [6.45, 7) is 3.03. The zero-order chi connectivity index (χ0) is 46.0. The van der Waals surface area contributed by atoms with Gasteiger partial charge in [-0.2, -0.15) is 0 Å². The molecule has 4 aliphatic rings. The molecule has 2 saturated heterocycles. The second-order valence-corrected chi connectivity index (χ2v) is 17.5. The first kappa shape index (κ1) is 45.1. The number of fused-ring (bicyclic) bond motifs is 3. The second-order valence-electron chi connectivity index (χ2n) is 17.5. The first-order valence-electron chi connectivity index (χ1n) is 22.1. The maximum absolute atomic E-state index is 16.2. The normalized spacial score (nSPS) is 25.1. The fourth-order valence-corrected chi connectivity index (χ4v) is 10.4. The van der Waals surface area contributed by atoms with E-state index in [1.54, 1.807) is 55.1 Å². The molecule has 0 bridgehead atoms. The molecule has 1 spiro atoms. The minimum absolute atomic E-state index is 0.0200. The van der Waals surface area contributed by atoms with Crippen LogP contribution in [0.1, 0.15) is 98.4 Å². The molecule has 0 aromatic heterocycles. The van der Waals surface area contributed by atoms with Crippen LogP contribution in [0.25, 0.3) is 0 Å². The second kappa shape index (κ2) is 18.5. The van der Waals surface area contributed by atoms with Gasteiger partial charge in [-0.15, -0.1) is 0 Å². The van der Waals surface area contributed by atoms with Crippen molar-refractivity contribution in [3.8, 4) is 17.6 Å². The molecule has 14 nitrogen and oxygen atoms in total. The van der Waals surface area contributed by atoms with Gasteiger partial charge in [0.15, 0.2) is 0 Å². The SMILES string of the molecule is COC(=O)[C@@H](NC(=O)N1C(=O)[C@@]2(c3cc(C#CC4(O)CCCCCC4)ccc31)[C@H](C(=O)O)[C@H]1C(=O)O[C@H](c3ccccc3)[C@H](c3ccccc3)N1[C@@H]2c1cccc(OCCO)c1)C(C)C. The van der Waals surface area contributed by atoms with Crippen molar-refractivity contribution in [1.29, 1.82) is 0 Å². The Hall–Kier alpha value is -6.53. The summed E-state index contributed by atoms with van der Waals surface area (Å²) in [7, 11) is 1.18. The number of nitrogens with one attached hydrogen (secondary N) is 1. The van der Waals surface area contributed by atoms with Crippen molar-refractivity contribution in [2.24, 2.45) is 11.8 Å². The molecule has 338 valence electrons. The van der Waals surface area contributed by atoms with Crippen LogP contribution in [0, 0.1) is 23.7 Å². The molecule has 14 heteroatoms. The number of methoxy groups -OCH3 is 1. The molecule has 3 amide bonds. The highest BCUT2D eigenvalue weighted by atomic mass is 16.6. The van der Waals surface area contributed by atoms with Gasteiger partial charge in [-0.05, 0) is 84.2 Å². The number of imide groups is 1. The number of aliphatic hydroxyl groups is 2. The topological polar surface area (TPSA) is 192 Å². The van der Waals surface area contributed by atoms with Crippen molar-refractivity contribution < 1.29 is 53.5 Å². The molecule has 1 aliphatic carbocycles. The predicted molar refractivity (Wildman–Crippen MR) is 237 cm³/mol. The van der Waals surface area contributed by atoms with E-state index in [0.29, 0.717) is 40.8 Å². The Morgan fingerprint density at radius 1 is 0.862 bits per heavy atom. The number of carboxylic acids is 1. The fraction of sp³-hybridized carbons (Fsp3) is 0.392. The number of anilines is 1. The van der Waals surface area contributed by atoms with Crippen molar-refractivity contribution in [3.63, 3.8) is 0 Å². The monoisotopic (exact) mass is 883 g/mol. The highest BCUT2D eigenvalue weighted by molar-refractivity contribution is 6.24. The number of cyclic esters (lactones) is 1. The van der Waals surface area contributed by atoms with Gasteiger partial charge < -0.3 is 34.8 Å². The van der Waals surface area contributed by atoms with E-state index in [-0.39, 0.29) is 24.5 Å². The van der Waals surface area contributed by atoms with Gasteiger partial charge in [-0.1, -0.05) is 111 Å². The van der Waals surface area contributed by atoms with Crippen molar-refractivity contribution in [1.82, 2.24) is 10.2 Å². The molecule has 3 heterocycles. The van der Waals surface area contributed by atoms with Crippen LogP contribution in [0.2, 0.25) is 0 Å². The maximum atomic E-state index is 16.2. The number of nitrogens with zero attached hydrogens (tertiary/aromatic N) is 2. The zero-order valence-electron chi connectivity index (χ0n) is 36.5. The number of rotatable bonds is 10. The van der Waals surface area contributed by atoms with Gasteiger partial charge in [-0.25, -0.2) is 14.5 Å². The minimum atomic E-state index is -2.27. The Morgan fingerprint density at radius 2 is 1.52 bits per heavy atom. The Kier molecular flexibility index (Phi) is 12.8. The third kappa shape index (κ3) is 8.13. The minimum Gasteiger partial charge on any atom is -0.491 e. The van der Waals surface area contributed by atoms with Gasteiger partial charge in [0, 0.05) is 5.56 Å². The summed E-state index contributed by atoms with van der Waals surface area (Å²) in [5, 5.41) is 35.7. The summed E-state index contributed by atoms with van der Waals surface area (Å²) in [5.74, 6) is 0.0283. The number of aliphatic carboxylic acids is 1. The summed E-state index contributed by atoms with van der Waals surface area (Å²) >= 11 is 0. The largest absolute Gasteiger partial charge is 0.491 e. The number of urea groups is 1. The standard InChI is InChI=1S/C51H53N3O11/c1-31(2)40(46(58)63-3)52-49(61)53-38-22-21-32(23-26-50(62)24-12-4-5-13-25-50)29-37(38)51(48(53)60)39(45(56)57)42-47(59)65-43(34-17-10-7-11-18-34)41(33-15-8-6-9-16-33)54(42)44(51)35-19-14-20-36(30-35)64-28-27-55/h6-11,14-22,29-31,39-44,55,62H,4-5,12-13,24-25,27-28H2,1-3H3,(H,52,61)(H,56,57)/t39-,40-,41-,42-,43+,44+,51-/m0/s1. The quantitative estimate of drug-likeness (QED) is 0.0808. The lowest BCUT2D eigenvalue weighted by Gasteiger charge is -2.46. The van der Waals surface area contributed by atoms with Crippen LogP contribution in [0.3, 0.4) is 0 Å². The molecule has 0 radical (unpaired) electrons. The van der Waals surface area contributed by atoms with Gasteiger partial charge >= 0.3 is 23.9 Å². The van der Waals surface area contributed by atoms with Gasteiger partial charge in [0.1, 0.15) is 47.5 Å². The van der Waals surface area contributed by atoms with E-state index in [0.717, 1.165) is 30.6 Å². The zero-order valence-corrected chi connectivity index (χ0v) is 36.5. The number of ether oxygens (including phenoxy) is 3. The molecule has 3 fully saturated rings. The van der Waals surface area contributed by atoms with E-state index in [9.17, 15) is 34.5 Å². The molecular weight excluding hydrogens is 831 g/mol. The number of carbonyl (C=O) groups is 5. The summed E-state index contributed by atoms with van der Waals surface area (Å²) in [5.41, 5.74) is -1.44. The highest BCUT2D eigenvalue weighted by Crippen LogP contribution is 2.66. The van der Waals surface area contributed by atoms with Crippen molar-refractivity contribution in [3.05, 3.63) is 131 Å². The molecule has 3 aliphatic heterocycles. The van der Waals surface area contributed by atoms with E-state index >= 15 is 4.79 Å². The van der Waals surface area contributed by atoms with Gasteiger partial charge in [0.05, 0.1) is 31.5 Å². The number of aliphatic hydroxyl groups excluding tert-OH is 1. The molecule has 65 heavy (non-hydrogen) atoms. The van der Waals surface area contributed by atoms with Crippen molar-refractivity contribution in [2.45, 2.75) is 93.7 Å². The van der Waals surface area contributed by atoms with E-state index in [4.69, 9.17) is 14.2 Å². The Labute approximate surface area is 377 Å². The Balaban J connectivity index is 1.43. The molecule has 4 aromatic rings. The number of carboxylic acid groups (broad SMARTS) is 1. The third-order valence-electron chi connectivity index (χ3n) is 13.2. The molecule has 4 N–H and O–H groups in total. The van der Waals surface area contributed by atoms with E-state index in [1.165, 1.54) is 13.2 Å². The lowest BCUT2D eigenvalue weighted by atomic mass is 9.65. The highest BCUT2D eigenvalue weighted by Gasteiger charge is 2.76. The molecule has 4 aromatic carbocycles. The number of hydrogen-bond donors (Lipinski definition) is 4. The van der Waals surface area contributed by atoms with Crippen LogP contribution < -0.4 is 15.0 Å². The average molecular weight is 884 g/mol. The van der Waals surface area contributed by atoms with Crippen LogP contribution >= 0.6 is 0 Å². The summed E-state index contributed by atoms with van der Waals surface area (Å²) < 4.78 is 17.3. The summed E-state index contributed by atoms with van der Waals surface area (Å²) in [6, 6.07) is 23.6. The van der Waals surface area contributed by atoms with E-state index < -0.39 is 83.0 Å². The summed E-state index contributed by atoms with van der Waals surface area (Å²) in [4.78, 5) is 76.0. The molecule has 0 unspecified atom stereocenters. The fourth-order valence-electron chi connectivity index (χ4n) is 10.4. The van der Waals surface area contributed by atoms with Gasteiger partial charge in [0.25, 0.3) is 0 Å². The first-order valence-corrected chi connectivity index (χ1v) is 22.1. The van der Waals surface area contributed by atoms with Crippen molar-refractivity contribution >= 4 is 35.5 Å². The van der Waals surface area contributed by atoms with Crippen LogP contribution in [0.15, 0.2) is 103 Å². The molecule has 8 rings (SSSR count). The van der Waals surface area contributed by atoms with Crippen LogP contribution in [-0.4, -0.2) is 88.1 Å². The lowest BCUT2D eigenvalue weighted by molar-refractivity contribution is -0.179. The Bertz CT molecular complexity index is 2510. The molecule has 7 atom stereocenters.